The number of benzene rings is 4. The lowest BCUT2D eigenvalue weighted by Crippen LogP contribution is -2.54. The molecule has 8 fully saturated rings. The Morgan fingerprint density at radius 1 is 0.384 bits per heavy atom. The van der Waals surface area contributed by atoms with E-state index in [0.717, 1.165) is 236 Å². The predicted octanol–water partition coefficient (Wildman–Crippen LogP) is 17.7. The van der Waals surface area contributed by atoms with Crippen LogP contribution in [-0.4, -0.2) is 292 Å². The van der Waals surface area contributed by atoms with Gasteiger partial charge in [0.05, 0.1) is 70.2 Å². The SMILES string of the molecule is C[C@H](c1ccc(Cl)cc1Cl)n1nc(C#N)c2ncc(N3CC([C@@H]4CCCN(CCS(C)(=O)=O)C4)C3)nc21.C[C@H](c1ccc(Cl)cc1Cl)n1nc(C#N)c2ncc(N3CC([C@H]4CCCN(CCS(C)(=O)=O)C4)C3)nc21.Cc1nn([C@H](C)c2ccc(Cl)cc2Cl)c2nc(N3CC([C@@H]4CCCN(CCCC(=O)O)C4)C3)ncc12.Cc1nn([C@H](C)c2ccc(Cl)cc2Cl)c2nc(N3CC([C@H]4CCCN(CCCC(=O)O)C4)C3)ncc12. The molecule has 776 valence electrons. The molecule has 0 aliphatic carbocycles. The van der Waals surface area contributed by atoms with Gasteiger partial charge in [-0.15, -0.1) is 0 Å². The first-order valence-electron chi connectivity index (χ1n) is 50.1. The van der Waals surface area contributed by atoms with E-state index in [2.05, 4.69) is 95.3 Å². The van der Waals surface area contributed by atoms with E-state index in [9.17, 15) is 36.9 Å². The van der Waals surface area contributed by atoms with Crippen LogP contribution in [0, 0.1) is 83.9 Å². The van der Waals surface area contributed by atoms with Crippen molar-refractivity contribution < 1.29 is 36.6 Å². The third kappa shape index (κ3) is 25.4. The smallest absolute Gasteiger partial charge is 0.303 e. The molecule has 0 radical (unpaired) electrons. The number of halogens is 8. The topological polar surface area (TPSA) is 391 Å². The molecule has 20 rings (SSSR count). The van der Waals surface area contributed by atoms with E-state index in [-0.39, 0.29) is 59.9 Å². The maximum absolute atomic E-state index is 11.6. The molecule has 0 unspecified atom stereocenters. The molecule has 8 aromatic heterocycles. The summed E-state index contributed by atoms with van der Waals surface area (Å²) in [6.45, 7) is 30.3. The molecule has 4 aromatic carbocycles. The third-order valence-electron chi connectivity index (χ3n) is 30.3. The van der Waals surface area contributed by atoms with Gasteiger partial charge in [0.25, 0.3) is 0 Å². The van der Waals surface area contributed by atoms with Crippen LogP contribution < -0.4 is 19.6 Å². The van der Waals surface area contributed by atoms with Gasteiger partial charge in [0, 0.05) is 170 Å². The van der Waals surface area contributed by atoms with Crippen LogP contribution in [0.15, 0.2) is 97.6 Å². The largest absolute Gasteiger partial charge is 0.481 e. The first kappa shape index (κ1) is 108. The molecule has 16 heterocycles. The van der Waals surface area contributed by atoms with E-state index in [1.807, 2.05) is 85.9 Å². The monoisotopic (exact) mass is 2180 g/mol. The fraction of sp³-hybridized carbons (Fsp3) is 0.529. The lowest BCUT2D eigenvalue weighted by molar-refractivity contribution is -0.138. The molecule has 0 bridgehead atoms. The second-order valence-corrected chi connectivity index (χ2v) is 48.5. The first-order valence-corrected chi connectivity index (χ1v) is 57.2. The number of likely N-dealkylation sites (tertiary alicyclic amines) is 4. The number of aryl methyl sites for hydroxylation is 2. The van der Waals surface area contributed by atoms with Gasteiger partial charge in [0.1, 0.15) is 54.5 Å². The van der Waals surface area contributed by atoms with E-state index in [1.165, 1.54) is 38.2 Å². The molecule has 0 saturated carbocycles. The van der Waals surface area contributed by atoms with E-state index in [1.54, 1.807) is 58.2 Å². The normalized spacial score (nSPS) is 20.0. The van der Waals surface area contributed by atoms with Gasteiger partial charge in [-0.1, -0.05) is 117 Å². The first-order chi connectivity index (χ1) is 69.8. The third-order valence-corrected chi connectivity index (χ3v) is 34.4. The summed E-state index contributed by atoms with van der Waals surface area (Å²) >= 11 is 50.2. The van der Waals surface area contributed by atoms with E-state index >= 15 is 0 Å². The number of fused-ring (bicyclic) bond motifs is 4. The molecular weight excluding hydrogens is 2070 g/mol. The van der Waals surface area contributed by atoms with Gasteiger partial charge in [0.2, 0.25) is 11.9 Å². The van der Waals surface area contributed by atoms with Crippen molar-refractivity contribution in [2.45, 2.75) is 143 Å². The Morgan fingerprint density at radius 3 is 0.952 bits per heavy atom. The van der Waals surface area contributed by atoms with E-state index in [0.29, 0.717) is 123 Å². The number of aromatic nitrogens is 16. The van der Waals surface area contributed by atoms with Crippen molar-refractivity contribution in [3.63, 3.8) is 0 Å². The van der Waals surface area contributed by atoms with Gasteiger partial charge in [-0.3, -0.25) is 9.59 Å². The Labute approximate surface area is 890 Å². The van der Waals surface area contributed by atoms with Crippen LogP contribution in [0.2, 0.25) is 40.2 Å². The van der Waals surface area contributed by atoms with Crippen LogP contribution in [0.4, 0.5) is 23.5 Å². The minimum absolute atomic E-state index is 0.104. The van der Waals surface area contributed by atoms with Crippen LogP contribution in [0.3, 0.4) is 0 Å². The highest BCUT2D eigenvalue weighted by molar-refractivity contribution is 7.90. The number of nitriles is 2. The average molecular weight is 2190 g/mol. The van der Waals surface area contributed by atoms with Crippen molar-refractivity contribution >= 4 is 192 Å². The molecule has 2 N–H and O–H groups in total. The van der Waals surface area contributed by atoms with Gasteiger partial charge in [-0.2, -0.15) is 40.9 Å². The van der Waals surface area contributed by atoms with E-state index in [4.69, 9.17) is 133 Å². The second-order valence-electron chi connectivity index (χ2n) is 40.6. The molecule has 44 heteroatoms. The highest BCUT2D eigenvalue weighted by atomic mass is 35.5. The molecule has 34 nitrogen and oxygen atoms in total. The molecule has 146 heavy (non-hydrogen) atoms. The van der Waals surface area contributed by atoms with Crippen molar-refractivity contribution in [3.8, 4) is 12.1 Å². The number of carbonyl (C=O) groups is 2. The number of anilines is 4. The average Bonchev–Trinajstić information content (AvgIpc) is 1.67. The van der Waals surface area contributed by atoms with Crippen molar-refractivity contribution in [1.82, 2.24) is 98.6 Å². The van der Waals surface area contributed by atoms with Crippen LogP contribution >= 0.6 is 92.8 Å². The Balaban J connectivity index is 0.000000133. The Kier molecular flexibility index (Phi) is 34.5. The molecule has 8 aliphatic heterocycles. The van der Waals surface area contributed by atoms with Crippen LogP contribution in [-0.2, 0) is 29.3 Å². The summed E-state index contributed by atoms with van der Waals surface area (Å²) in [4.78, 5) is 78.1. The van der Waals surface area contributed by atoms with Crippen LogP contribution in [0.5, 0.6) is 0 Å². The van der Waals surface area contributed by atoms with Gasteiger partial charge in [-0.25, -0.2) is 65.5 Å². The van der Waals surface area contributed by atoms with Gasteiger partial charge < -0.3 is 49.4 Å². The fourth-order valence-corrected chi connectivity index (χ4v) is 25.2. The quantitative estimate of drug-likeness (QED) is 0.0422. The van der Waals surface area contributed by atoms with Crippen molar-refractivity contribution in [3.05, 3.63) is 183 Å². The summed E-state index contributed by atoms with van der Waals surface area (Å²) in [6, 6.07) is 25.2. The lowest BCUT2D eigenvalue weighted by Gasteiger charge is -2.47. The minimum atomic E-state index is -2.95. The minimum Gasteiger partial charge on any atom is -0.481 e. The zero-order chi connectivity index (χ0) is 103. The lowest BCUT2D eigenvalue weighted by atomic mass is 9.80. The maximum Gasteiger partial charge on any atom is 0.303 e. The summed E-state index contributed by atoms with van der Waals surface area (Å²) in [7, 11) is -5.91. The number of carboxylic acids is 2. The van der Waals surface area contributed by atoms with Gasteiger partial charge in [0.15, 0.2) is 34.0 Å². The van der Waals surface area contributed by atoms with Crippen LogP contribution in [0.25, 0.3) is 44.4 Å². The Bertz CT molecular complexity index is 6690. The molecule has 0 amide bonds. The number of piperidine rings is 4. The Morgan fingerprint density at radius 2 is 0.671 bits per heavy atom. The summed E-state index contributed by atoms with van der Waals surface area (Å²) in [5.74, 6) is 6.67. The summed E-state index contributed by atoms with van der Waals surface area (Å²) in [5.41, 5.74) is 9.41. The molecule has 8 saturated heterocycles. The standard InChI is InChI=1S/2C26H32Cl2N6O2.2C25H29Cl2N7O2S/c2*1-16-22-12-29-26(30-25(22)34(31-16)17(2)21-8-7-20(27)11-23(21)28)33-14-19(15-33)18-5-3-9-32(13-18)10-4-6-24(35)36;2*1-16(20-6-5-19(26)10-21(20)27)34-25-24(22(11-28)31-34)29-12-23(30-25)33-14-18(15-33)17-4-3-7-32(13-17)8-9-37(2,35)36/h2*7-8,11-12,17-19H,3-6,9-10,13-15H2,1-2H3,(H,35,36);2*5-6,10,12,16-18H,3-4,7-9,13-15H2,1-2H3/t17-,18+;17-,18-;16-,17+;16-,17-/m1111/s1. The van der Waals surface area contributed by atoms with Crippen molar-refractivity contribution in [1.29, 1.82) is 10.5 Å². The molecule has 0 spiro atoms. The van der Waals surface area contributed by atoms with Crippen molar-refractivity contribution in [2.75, 3.05) is 175 Å². The predicted molar refractivity (Wildman–Crippen MR) is 574 cm³/mol. The summed E-state index contributed by atoms with van der Waals surface area (Å²) in [5, 5.41) is 62.1. The zero-order valence-electron chi connectivity index (χ0n) is 83.0. The molecular formula is C102H122Cl8N26O8S2. The highest BCUT2D eigenvalue weighted by Crippen LogP contribution is 2.43. The number of nitrogens with zero attached hydrogens (tertiary/aromatic N) is 26. The second kappa shape index (κ2) is 46.8. The number of rotatable bonds is 30. The summed E-state index contributed by atoms with van der Waals surface area (Å²) < 4.78 is 53.5. The van der Waals surface area contributed by atoms with Gasteiger partial charge >= 0.3 is 11.9 Å². The maximum atomic E-state index is 11.6. The number of carboxylic acid groups (broad SMARTS) is 2. The fourth-order valence-electron chi connectivity index (χ4n) is 21.8. The number of aliphatic carboxylic acids is 2. The molecule has 8 atom stereocenters. The Hall–Kier alpha value is -9.74. The van der Waals surface area contributed by atoms with Gasteiger partial charge in [-0.05, 0) is 263 Å². The summed E-state index contributed by atoms with van der Waals surface area (Å²) in [6.07, 6.45) is 21.1. The number of sulfone groups is 2. The zero-order valence-corrected chi connectivity index (χ0v) is 90.7. The van der Waals surface area contributed by atoms with Crippen LogP contribution in [0.1, 0.15) is 174 Å². The highest BCUT2D eigenvalue weighted by Gasteiger charge is 2.43. The molecule has 12 aromatic rings. The molecule has 8 aliphatic rings. The van der Waals surface area contributed by atoms with Crippen molar-refractivity contribution in [2.24, 2.45) is 47.3 Å². The number of hydrogen-bond acceptors (Lipinski definition) is 28. The van der Waals surface area contributed by atoms with E-state index < -0.39 is 31.6 Å². The number of hydrogen-bond donors (Lipinski definition) is 2.